The second-order valence-electron chi connectivity index (χ2n) is 5.02. The molecule has 2 heterocycles. The predicted octanol–water partition coefficient (Wildman–Crippen LogP) is 3.33. The molecule has 1 N–H and O–H groups in total. The summed E-state index contributed by atoms with van der Waals surface area (Å²) in [6.07, 6.45) is 4.80. The molecule has 0 aliphatic carbocycles. The molecule has 2 aromatic carbocycles. The van der Waals surface area contributed by atoms with Crippen LogP contribution >= 0.6 is 0 Å². The molecule has 0 fully saturated rings. The molecule has 0 spiro atoms. The summed E-state index contributed by atoms with van der Waals surface area (Å²) in [5, 5.41) is 9.09. The molecule has 0 saturated heterocycles. The van der Waals surface area contributed by atoms with Gasteiger partial charge in [-0.1, -0.05) is 30.3 Å². The van der Waals surface area contributed by atoms with Gasteiger partial charge in [-0.3, -0.25) is 4.57 Å². The maximum atomic E-state index is 9.09. The minimum atomic E-state index is 0.345. The molecule has 6 nitrogen and oxygen atoms in total. The van der Waals surface area contributed by atoms with Crippen LogP contribution in [0.25, 0.3) is 28.0 Å². The third-order valence-electron chi connectivity index (χ3n) is 3.60. The van der Waals surface area contributed by atoms with Crippen LogP contribution in [0.3, 0.4) is 0 Å². The van der Waals surface area contributed by atoms with Crippen molar-refractivity contribution in [2.45, 2.75) is 0 Å². The molecule has 0 bridgehead atoms. The first-order valence-corrected chi connectivity index (χ1v) is 7.00. The first-order chi connectivity index (χ1) is 11.3. The maximum Gasteiger partial charge on any atom is 0.167 e. The third-order valence-corrected chi connectivity index (χ3v) is 3.60. The zero-order valence-corrected chi connectivity index (χ0v) is 12.0. The molecule has 0 radical (unpaired) electrons. The highest BCUT2D eigenvalue weighted by Gasteiger charge is 2.10. The minimum absolute atomic E-state index is 0.345. The fourth-order valence-electron chi connectivity index (χ4n) is 2.53. The Kier molecular flexibility index (Phi) is 3.21. The Morgan fingerprint density at radius 3 is 2.65 bits per heavy atom. The number of hydrogen-bond acceptors (Lipinski definition) is 5. The van der Waals surface area contributed by atoms with E-state index in [9.17, 15) is 0 Å². The highest BCUT2D eigenvalue weighted by Crippen LogP contribution is 2.28. The van der Waals surface area contributed by atoms with Gasteiger partial charge in [0.05, 0.1) is 11.9 Å². The van der Waals surface area contributed by atoms with Crippen LogP contribution in [0, 0.1) is 0 Å². The second-order valence-corrected chi connectivity index (χ2v) is 5.02. The molecule has 6 heteroatoms. The normalized spacial score (nSPS) is 10.8. The number of hydrogen-bond donors (Lipinski definition) is 1. The van der Waals surface area contributed by atoms with Crippen LogP contribution in [0.4, 0.5) is 0 Å². The van der Waals surface area contributed by atoms with Crippen molar-refractivity contribution in [1.29, 1.82) is 0 Å². The van der Waals surface area contributed by atoms with Gasteiger partial charge in [0.15, 0.2) is 11.4 Å². The van der Waals surface area contributed by atoms with E-state index in [0.717, 1.165) is 16.8 Å². The fraction of sp³-hybridized carbons (Fsp3) is 0. The molecule has 0 atom stereocenters. The first kappa shape index (κ1) is 13.4. The van der Waals surface area contributed by atoms with Crippen molar-refractivity contribution in [2.24, 2.45) is 0 Å². The summed E-state index contributed by atoms with van der Waals surface area (Å²) in [6.45, 7) is 0. The molecule has 0 saturated carbocycles. The van der Waals surface area contributed by atoms with E-state index in [1.54, 1.807) is 24.7 Å². The molecule has 2 aromatic heterocycles. The molecular weight excluding hydrogens is 292 g/mol. The van der Waals surface area contributed by atoms with Crippen molar-refractivity contribution in [1.82, 2.24) is 19.5 Å². The van der Waals surface area contributed by atoms with Crippen molar-refractivity contribution in [2.75, 3.05) is 0 Å². The molecule has 0 aliphatic rings. The smallest absolute Gasteiger partial charge is 0.167 e. The quantitative estimate of drug-likeness (QED) is 0.464. The highest BCUT2D eigenvalue weighted by atomic mass is 17.1. The Bertz CT molecular complexity index is 967. The van der Waals surface area contributed by atoms with Gasteiger partial charge in [0.2, 0.25) is 0 Å². The van der Waals surface area contributed by atoms with Crippen LogP contribution in [0.15, 0.2) is 67.4 Å². The molecule has 4 aromatic rings. The summed E-state index contributed by atoms with van der Waals surface area (Å²) in [7, 11) is 0. The van der Waals surface area contributed by atoms with Gasteiger partial charge in [0.25, 0.3) is 0 Å². The number of rotatable bonds is 3. The molecule has 0 unspecified atom stereocenters. The summed E-state index contributed by atoms with van der Waals surface area (Å²) < 4.78 is 1.83. The number of imidazole rings is 1. The average Bonchev–Trinajstić information content (AvgIpc) is 3.06. The summed E-state index contributed by atoms with van der Waals surface area (Å²) in [4.78, 5) is 17.0. The Morgan fingerprint density at radius 2 is 1.83 bits per heavy atom. The fourth-order valence-corrected chi connectivity index (χ4v) is 2.53. The largest absolute Gasteiger partial charge is 0.340 e. The first-order valence-electron chi connectivity index (χ1n) is 7.00. The van der Waals surface area contributed by atoms with Crippen LogP contribution in [0.2, 0.25) is 0 Å². The van der Waals surface area contributed by atoms with E-state index < -0.39 is 0 Å². The Balaban J connectivity index is 1.92. The molecule has 0 aliphatic heterocycles. The molecule has 23 heavy (non-hydrogen) atoms. The lowest BCUT2D eigenvalue weighted by Gasteiger charge is -2.09. The Labute approximate surface area is 131 Å². The van der Waals surface area contributed by atoms with Crippen molar-refractivity contribution >= 4 is 11.2 Å². The number of nitrogens with zero attached hydrogens (tertiary/aromatic N) is 4. The van der Waals surface area contributed by atoms with Gasteiger partial charge in [-0.15, -0.1) is 0 Å². The monoisotopic (exact) mass is 304 g/mol. The topological polar surface area (TPSA) is 73.1 Å². The van der Waals surface area contributed by atoms with Crippen LogP contribution < -0.4 is 4.89 Å². The molecule has 112 valence electrons. The van der Waals surface area contributed by atoms with Crippen molar-refractivity contribution in [3.63, 3.8) is 0 Å². The Hall–Kier alpha value is -3.25. The van der Waals surface area contributed by atoms with E-state index in [1.807, 2.05) is 41.0 Å². The van der Waals surface area contributed by atoms with Gasteiger partial charge >= 0.3 is 0 Å². The van der Waals surface area contributed by atoms with E-state index in [4.69, 9.17) is 5.26 Å². The standard InChI is InChI=1S/C17H12N4O2/c22-23-15-7-13(12-4-2-1-3-5-12)6-14(8-15)21-11-20-16-9-18-10-19-17(16)21/h1-11,22H. The number of benzene rings is 2. The molecule has 4 rings (SSSR count). The summed E-state index contributed by atoms with van der Waals surface area (Å²) in [5.41, 5.74) is 4.12. The van der Waals surface area contributed by atoms with Gasteiger partial charge in [0.1, 0.15) is 18.2 Å². The zero-order chi connectivity index (χ0) is 15.6. The SMILES string of the molecule is OOc1cc(-c2ccccc2)cc(-n2cnc3cncnc32)c1. The third kappa shape index (κ3) is 2.41. The van der Waals surface area contributed by atoms with Crippen LogP contribution in [0.1, 0.15) is 0 Å². The van der Waals surface area contributed by atoms with E-state index in [1.165, 1.54) is 6.33 Å². The highest BCUT2D eigenvalue weighted by molar-refractivity contribution is 5.74. The average molecular weight is 304 g/mol. The molecular formula is C17H12N4O2. The van der Waals surface area contributed by atoms with E-state index in [2.05, 4.69) is 19.8 Å². The van der Waals surface area contributed by atoms with Crippen molar-refractivity contribution in [3.8, 4) is 22.6 Å². The van der Waals surface area contributed by atoms with Crippen LogP contribution in [-0.2, 0) is 0 Å². The van der Waals surface area contributed by atoms with Crippen LogP contribution in [0.5, 0.6) is 5.75 Å². The van der Waals surface area contributed by atoms with E-state index >= 15 is 0 Å². The van der Waals surface area contributed by atoms with Gasteiger partial charge < -0.3 is 4.89 Å². The summed E-state index contributed by atoms with van der Waals surface area (Å²) >= 11 is 0. The lowest BCUT2D eigenvalue weighted by molar-refractivity contribution is -0.137. The van der Waals surface area contributed by atoms with Gasteiger partial charge in [-0.2, -0.15) is 0 Å². The Morgan fingerprint density at radius 1 is 0.957 bits per heavy atom. The van der Waals surface area contributed by atoms with Gasteiger partial charge in [-0.05, 0) is 23.3 Å². The lowest BCUT2D eigenvalue weighted by Crippen LogP contribution is -1.96. The van der Waals surface area contributed by atoms with Crippen LogP contribution in [-0.4, -0.2) is 24.8 Å². The van der Waals surface area contributed by atoms with Crippen molar-refractivity contribution in [3.05, 3.63) is 67.4 Å². The maximum absolute atomic E-state index is 9.09. The second kappa shape index (κ2) is 5.51. The molecule has 0 amide bonds. The summed E-state index contributed by atoms with van der Waals surface area (Å²) in [5.74, 6) is 0.345. The van der Waals surface area contributed by atoms with E-state index in [0.29, 0.717) is 16.9 Å². The van der Waals surface area contributed by atoms with Gasteiger partial charge in [-0.25, -0.2) is 20.2 Å². The minimum Gasteiger partial charge on any atom is -0.340 e. The zero-order valence-electron chi connectivity index (χ0n) is 12.0. The number of fused-ring (bicyclic) bond motifs is 1. The number of aromatic nitrogens is 4. The van der Waals surface area contributed by atoms with Crippen molar-refractivity contribution < 1.29 is 10.1 Å². The predicted molar refractivity (Wildman–Crippen MR) is 85.4 cm³/mol. The summed E-state index contributed by atoms with van der Waals surface area (Å²) in [6, 6.07) is 15.3. The van der Waals surface area contributed by atoms with E-state index in [-0.39, 0.29) is 0 Å². The van der Waals surface area contributed by atoms with Gasteiger partial charge in [0, 0.05) is 6.07 Å². The lowest BCUT2D eigenvalue weighted by atomic mass is 10.0.